The molecule has 1 aromatic rings. The summed E-state index contributed by atoms with van der Waals surface area (Å²) in [5.74, 6) is 0.595. The number of nitrogens with two attached hydrogens (primary N) is 1. The predicted octanol–water partition coefficient (Wildman–Crippen LogP) is 2.08. The Morgan fingerprint density at radius 1 is 1.61 bits per heavy atom. The maximum absolute atomic E-state index is 12.5. The third kappa shape index (κ3) is 2.78. The minimum Gasteiger partial charge on any atom is -0.342 e. The lowest BCUT2D eigenvalue weighted by molar-refractivity contribution is 0.0777. The lowest BCUT2D eigenvalue weighted by Crippen LogP contribution is -2.31. The van der Waals surface area contributed by atoms with Crippen molar-refractivity contribution in [3.63, 3.8) is 0 Å². The van der Waals surface area contributed by atoms with E-state index in [1.54, 1.807) is 0 Å². The number of carbonyl (C=O) groups excluding carboxylic acids is 1. The molecule has 2 heterocycles. The highest BCUT2D eigenvalue weighted by Crippen LogP contribution is 2.21. The lowest BCUT2D eigenvalue weighted by atomic mass is 10.1. The highest BCUT2D eigenvalue weighted by Gasteiger charge is 2.27. The van der Waals surface area contributed by atoms with E-state index >= 15 is 0 Å². The minimum atomic E-state index is 0.130. The summed E-state index contributed by atoms with van der Waals surface area (Å²) in [6.07, 6.45) is 4.03. The van der Waals surface area contributed by atoms with Gasteiger partial charge in [0.15, 0.2) is 0 Å². The van der Waals surface area contributed by atoms with E-state index in [2.05, 4.69) is 22.9 Å². The third-order valence-electron chi connectivity index (χ3n) is 3.45. The van der Waals surface area contributed by atoms with Gasteiger partial charge in [-0.25, -0.2) is 0 Å². The van der Waals surface area contributed by atoms with Gasteiger partial charge in [0.05, 0.1) is 0 Å². The summed E-state index contributed by atoms with van der Waals surface area (Å²) in [6, 6.07) is 1.91. The predicted molar refractivity (Wildman–Crippen MR) is 75.5 cm³/mol. The van der Waals surface area contributed by atoms with Crippen LogP contribution in [0.25, 0.3) is 0 Å². The summed E-state index contributed by atoms with van der Waals surface area (Å²) in [5.41, 5.74) is 6.44. The van der Waals surface area contributed by atoms with Crippen LogP contribution in [0.2, 0.25) is 0 Å². The Bertz CT molecular complexity index is 430. The van der Waals surface area contributed by atoms with Crippen molar-refractivity contribution in [2.75, 3.05) is 19.6 Å². The molecule has 1 amide bonds. The van der Waals surface area contributed by atoms with E-state index < -0.39 is 0 Å². The molecule has 0 aliphatic carbocycles. The number of aromatic nitrogens is 1. The van der Waals surface area contributed by atoms with Crippen molar-refractivity contribution in [1.29, 1.82) is 0 Å². The van der Waals surface area contributed by atoms with E-state index in [0.717, 1.165) is 42.6 Å². The Labute approximate surface area is 116 Å². The van der Waals surface area contributed by atoms with Crippen molar-refractivity contribution in [2.24, 2.45) is 11.7 Å². The van der Waals surface area contributed by atoms with Gasteiger partial charge >= 0.3 is 0 Å². The van der Waals surface area contributed by atoms with E-state index in [1.807, 2.05) is 21.7 Å². The Morgan fingerprint density at radius 3 is 3.00 bits per heavy atom. The second-order valence-corrected chi connectivity index (χ2v) is 5.79. The number of amides is 1. The molecule has 2 rings (SSSR count). The van der Waals surface area contributed by atoms with Crippen molar-refractivity contribution in [3.05, 3.63) is 22.4 Å². The van der Waals surface area contributed by atoms with Crippen LogP contribution in [-0.2, 0) is 6.54 Å². The first-order chi connectivity index (χ1) is 8.65. The number of rotatable bonds is 4. The van der Waals surface area contributed by atoms with E-state index in [-0.39, 0.29) is 5.91 Å². The summed E-state index contributed by atoms with van der Waals surface area (Å²) < 4.78 is 3.00. The van der Waals surface area contributed by atoms with E-state index in [1.165, 1.54) is 0 Å². The van der Waals surface area contributed by atoms with Crippen LogP contribution < -0.4 is 5.73 Å². The molecule has 1 aromatic heterocycles. The molecule has 1 aliphatic rings. The monoisotopic (exact) mass is 313 g/mol. The van der Waals surface area contributed by atoms with Gasteiger partial charge in [-0.3, -0.25) is 4.79 Å². The quantitative estimate of drug-likeness (QED) is 0.925. The SMILES string of the molecule is CCCn1cc(Br)cc1C(=O)N1CCC(CN)C1. The molecule has 1 aliphatic heterocycles. The third-order valence-corrected chi connectivity index (χ3v) is 3.89. The van der Waals surface area contributed by atoms with Crippen molar-refractivity contribution in [1.82, 2.24) is 9.47 Å². The fourth-order valence-electron chi connectivity index (χ4n) is 2.45. The molecule has 0 radical (unpaired) electrons. The van der Waals surface area contributed by atoms with Gasteiger partial charge in [0, 0.05) is 30.3 Å². The van der Waals surface area contributed by atoms with Gasteiger partial charge in [-0.05, 0) is 47.3 Å². The second-order valence-electron chi connectivity index (χ2n) is 4.88. The largest absolute Gasteiger partial charge is 0.342 e. The maximum atomic E-state index is 12.5. The number of nitrogens with zero attached hydrogens (tertiary/aromatic N) is 2. The van der Waals surface area contributed by atoms with Crippen LogP contribution in [0.15, 0.2) is 16.7 Å². The fourth-order valence-corrected chi connectivity index (χ4v) is 2.92. The molecule has 18 heavy (non-hydrogen) atoms. The second kappa shape index (κ2) is 5.89. The zero-order chi connectivity index (χ0) is 13.1. The summed E-state index contributed by atoms with van der Waals surface area (Å²) in [5, 5.41) is 0. The van der Waals surface area contributed by atoms with Gasteiger partial charge in [0.1, 0.15) is 5.69 Å². The molecule has 1 saturated heterocycles. The average molecular weight is 314 g/mol. The first-order valence-corrected chi connectivity index (χ1v) is 7.30. The fraction of sp³-hybridized carbons (Fsp3) is 0.615. The van der Waals surface area contributed by atoms with Gasteiger partial charge < -0.3 is 15.2 Å². The molecule has 0 bridgehead atoms. The average Bonchev–Trinajstić information content (AvgIpc) is 2.95. The molecule has 0 saturated carbocycles. The molecule has 100 valence electrons. The zero-order valence-corrected chi connectivity index (χ0v) is 12.3. The molecule has 5 heteroatoms. The number of carbonyl (C=O) groups is 1. The van der Waals surface area contributed by atoms with Gasteiger partial charge in [0.25, 0.3) is 5.91 Å². The Balaban J connectivity index is 2.13. The molecule has 1 fully saturated rings. The van der Waals surface area contributed by atoms with Crippen molar-refractivity contribution >= 4 is 21.8 Å². The number of hydrogen-bond acceptors (Lipinski definition) is 2. The molecule has 4 nitrogen and oxygen atoms in total. The van der Waals surface area contributed by atoms with Crippen molar-refractivity contribution in [3.8, 4) is 0 Å². The molecule has 0 spiro atoms. The van der Waals surface area contributed by atoms with Crippen LogP contribution in [0, 0.1) is 5.92 Å². The molecule has 1 atom stereocenters. The highest BCUT2D eigenvalue weighted by molar-refractivity contribution is 9.10. The molecule has 1 unspecified atom stereocenters. The zero-order valence-electron chi connectivity index (χ0n) is 10.7. The lowest BCUT2D eigenvalue weighted by Gasteiger charge is -2.17. The Hall–Kier alpha value is -0.810. The van der Waals surface area contributed by atoms with Gasteiger partial charge in [-0.1, -0.05) is 6.92 Å². The van der Waals surface area contributed by atoms with Crippen LogP contribution in [0.5, 0.6) is 0 Å². The Morgan fingerprint density at radius 2 is 2.39 bits per heavy atom. The van der Waals surface area contributed by atoms with Crippen molar-refractivity contribution < 1.29 is 4.79 Å². The molecule has 0 aromatic carbocycles. The van der Waals surface area contributed by atoms with Crippen LogP contribution in [0.3, 0.4) is 0 Å². The number of hydrogen-bond donors (Lipinski definition) is 1. The van der Waals surface area contributed by atoms with Crippen LogP contribution in [-0.4, -0.2) is 35.0 Å². The smallest absolute Gasteiger partial charge is 0.270 e. The van der Waals surface area contributed by atoms with Crippen LogP contribution in [0.4, 0.5) is 0 Å². The highest BCUT2D eigenvalue weighted by atomic mass is 79.9. The summed E-state index contributed by atoms with van der Waals surface area (Å²) >= 11 is 3.44. The minimum absolute atomic E-state index is 0.130. The number of aryl methyl sites for hydroxylation is 1. The molecule has 2 N–H and O–H groups in total. The first kappa shape index (κ1) is 13.6. The maximum Gasteiger partial charge on any atom is 0.270 e. The number of likely N-dealkylation sites (tertiary alicyclic amines) is 1. The normalized spacial score (nSPS) is 19.5. The standard InChI is InChI=1S/C13H20BrN3O/c1-2-4-16-9-11(14)6-12(16)13(18)17-5-3-10(7-15)8-17/h6,9-10H,2-5,7-8,15H2,1H3. The topological polar surface area (TPSA) is 51.3 Å². The van der Waals surface area contributed by atoms with Gasteiger partial charge in [-0.2, -0.15) is 0 Å². The molecular formula is C13H20BrN3O. The summed E-state index contributed by atoms with van der Waals surface area (Å²) in [4.78, 5) is 14.4. The number of halogens is 1. The summed E-state index contributed by atoms with van der Waals surface area (Å²) in [6.45, 7) is 5.28. The van der Waals surface area contributed by atoms with Crippen LogP contribution >= 0.6 is 15.9 Å². The van der Waals surface area contributed by atoms with E-state index in [9.17, 15) is 4.79 Å². The van der Waals surface area contributed by atoms with Crippen molar-refractivity contribution in [2.45, 2.75) is 26.3 Å². The van der Waals surface area contributed by atoms with Gasteiger partial charge in [0.2, 0.25) is 0 Å². The van der Waals surface area contributed by atoms with Gasteiger partial charge in [-0.15, -0.1) is 0 Å². The van der Waals surface area contributed by atoms with Crippen LogP contribution in [0.1, 0.15) is 30.3 Å². The van der Waals surface area contributed by atoms with E-state index in [0.29, 0.717) is 12.5 Å². The summed E-state index contributed by atoms with van der Waals surface area (Å²) in [7, 11) is 0. The molecular weight excluding hydrogens is 294 g/mol. The first-order valence-electron chi connectivity index (χ1n) is 6.50. The van der Waals surface area contributed by atoms with E-state index in [4.69, 9.17) is 5.73 Å². The Kier molecular flexibility index (Phi) is 4.45.